The summed E-state index contributed by atoms with van der Waals surface area (Å²) in [6.45, 7) is 5.33. The molecule has 5 nitrogen and oxygen atoms in total. The van der Waals surface area contributed by atoms with Crippen molar-refractivity contribution in [3.63, 3.8) is 0 Å². The second-order valence-electron chi connectivity index (χ2n) is 7.20. The van der Waals surface area contributed by atoms with Crippen LogP contribution in [0, 0.1) is 13.8 Å². The average Bonchev–Trinajstić information content (AvgIpc) is 3.22. The van der Waals surface area contributed by atoms with Crippen molar-refractivity contribution in [3.8, 4) is 0 Å². The van der Waals surface area contributed by atoms with Crippen molar-refractivity contribution in [1.29, 1.82) is 0 Å². The van der Waals surface area contributed by atoms with E-state index in [1.807, 2.05) is 13.0 Å². The molecule has 0 radical (unpaired) electrons. The van der Waals surface area contributed by atoms with Gasteiger partial charge in [0.05, 0.1) is 31.9 Å². The van der Waals surface area contributed by atoms with E-state index in [0.717, 1.165) is 47.8 Å². The van der Waals surface area contributed by atoms with Crippen LogP contribution in [0.5, 0.6) is 0 Å². The molecule has 2 fully saturated rings. The van der Waals surface area contributed by atoms with Gasteiger partial charge in [0.25, 0.3) is 0 Å². The zero-order valence-electron chi connectivity index (χ0n) is 14.9. The van der Waals surface area contributed by atoms with Gasteiger partial charge in [0.2, 0.25) is 5.91 Å². The largest absolute Gasteiger partial charge is 0.464 e. The maximum atomic E-state index is 12.7. The van der Waals surface area contributed by atoms with E-state index in [4.69, 9.17) is 13.9 Å². The van der Waals surface area contributed by atoms with Crippen molar-refractivity contribution in [3.05, 3.63) is 35.1 Å². The van der Waals surface area contributed by atoms with E-state index >= 15 is 0 Å². The molecule has 1 atom stereocenters. The normalized spacial score (nSPS) is 22.6. The van der Waals surface area contributed by atoms with Gasteiger partial charge in [-0.05, 0) is 37.8 Å². The number of hydrogen-bond donors (Lipinski definition) is 1. The summed E-state index contributed by atoms with van der Waals surface area (Å²) < 4.78 is 17.5. The van der Waals surface area contributed by atoms with E-state index in [1.165, 1.54) is 5.56 Å². The number of fused-ring (bicyclic) bond motifs is 1. The number of nitrogens with one attached hydrogen (secondary N) is 1. The van der Waals surface area contributed by atoms with Crippen molar-refractivity contribution in [2.24, 2.45) is 0 Å². The van der Waals surface area contributed by atoms with Crippen LogP contribution in [0.2, 0.25) is 0 Å². The van der Waals surface area contributed by atoms with E-state index < -0.39 is 5.79 Å². The summed E-state index contributed by atoms with van der Waals surface area (Å²) in [4.78, 5) is 12.7. The molecule has 134 valence electrons. The Morgan fingerprint density at radius 3 is 2.84 bits per heavy atom. The third-order valence-corrected chi connectivity index (χ3v) is 5.60. The summed E-state index contributed by atoms with van der Waals surface area (Å²) in [6, 6.07) is 4.04. The molecular formula is C20H25NO4. The van der Waals surface area contributed by atoms with Crippen molar-refractivity contribution < 1.29 is 18.7 Å². The number of hydrogen-bond acceptors (Lipinski definition) is 4. The monoisotopic (exact) mass is 343 g/mol. The van der Waals surface area contributed by atoms with Gasteiger partial charge < -0.3 is 19.2 Å². The molecule has 1 aliphatic carbocycles. The van der Waals surface area contributed by atoms with Gasteiger partial charge in [0, 0.05) is 17.4 Å². The van der Waals surface area contributed by atoms with Gasteiger partial charge >= 0.3 is 0 Å². The lowest BCUT2D eigenvalue weighted by molar-refractivity contribution is -0.196. The Labute approximate surface area is 147 Å². The lowest BCUT2D eigenvalue weighted by Crippen LogP contribution is -2.55. The maximum Gasteiger partial charge on any atom is 0.224 e. The summed E-state index contributed by atoms with van der Waals surface area (Å²) in [5, 5.41) is 4.17. The summed E-state index contributed by atoms with van der Waals surface area (Å²) >= 11 is 0. The van der Waals surface area contributed by atoms with Crippen LogP contribution in [0.1, 0.15) is 42.4 Å². The first-order chi connectivity index (χ1) is 12.1. The average molecular weight is 343 g/mol. The fourth-order valence-electron chi connectivity index (χ4n) is 4.06. The van der Waals surface area contributed by atoms with Gasteiger partial charge in [-0.2, -0.15) is 0 Å². The van der Waals surface area contributed by atoms with Crippen molar-refractivity contribution >= 4 is 16.9 Å². The molecule has 1 saturated carbocycles. The van der Waals surface area contributed by atoms with E-state index in [9.17, 15) is 4.79 Å². The standard InChI is InChI=1S/C20H25NO4/c1-13-6-7-16-15(12-23-19(16)14(13)2)11-18(22)21-17-5-3-4-8-20(17)24-9-10-25-20/h6-7,12,17H,3-5,8-11H2,1-2H3,(H,21,22)/t17-/m0/s1. The van der Waals surface area contributed by atoms with Crippen LogP contribution in [0.4, 0.5) is 0 Å². The Morgan fingerprint density at radius 1 is 1.24 bits per heavy atom. The summed E-state index contributed by atoms with van der Waals surface area (Å²) in [5.41, 5.74) is 4.12. The van der Waals surface area contributed by atoms with Gasteiger partial charge in [-0.3, -0.25) is 4.79 Å². The highest BCUT2D eigenvalue weighted by molar-refractivity contribution is 5.89. The highest BCUT2D eigenvalue weighted by Gasteiger charge is 2.46. The quantitative estimate of drug-likeness (QED) is 0.928. The highest BCUT2D eigenvalue weighted by atomic mass is 16.7. The van der Waals surface area contributed by atoms with E-state index in [1.54, 1.807) is 6.26 Å². The molecule has 0 bridgehead atoms. The number of ether oxygens (including phenoxy) is 2. The van der Waals surface area contributed by atoms with Crippen molar-refractivity contribution in [2.75, 3.05) is 13.2 Å². The fraction of sp³-hybridized carbons (Fsp3) is 0.550. The minimum atomic E-state index is -0.611. The Balaban J connectivity index is 1.50. The predicted molar refractivity (Wildman–Crippen MR) is 94.4 cm³/mol. The van der Waals surface area contributed by atoms with Crippen LogP contribution in [0.15, 0.2) is 22.8 Å². The summed E-state index contributed by atoms with van der Waals surface area (Å²) in [5.74, 6) is -0.619. The number of carbonyl (C=O) groups is 1. The number of benzene rings is 1. The van der Waals surface area contributed by atoms with Crippen LogP contribution in [-0.2, 0) is 20.7 Å². The Morgan fingerprint density at radius 2 is 2.04 bits per heavy atom. The Hall–Kier alpha value is -1.85. The van der Waals surface area contributed by atoms with E-state index in [-0.39, 0.29) is 11.9 Å². The molecule has 25 heavy (non-hydrogen) atoms. The number of amides is 1. The lowest BCUT2D eigenvalue weighted by Gasteiger charge is -2.39. The molecule has 2 aromatic rings. The highest BCUT2D eigenvalue weighted by Crippen LogP contribution is 2.36. The van der Waals surface area contributed by atoms with Gasteiger partial charge in [0.15, 0.2) is 5.79 Å². The third-order valence-electron chi connectivity index (χ3n) is 5.60. The van der Waals surface area contributed by atoms with Crippen LogP contribution in [-0.4, -0.2) is 30.9 Å². The first kappa shape index (κ1) is 16.6. The molecular weight excluding hydrogens is 318 g/mol. The molecule has 4 rings (SSSR count). The number of furan rings is 1. The van der Waals surface area contributed by atoms with Crippen molar-refractivity contribution in [1.82, 2.24) is 5.32 Å². The molecule has 1 aliphatic heterocycles. The van der Waals surface area contributed by atoms with Crippen molar-refractivity contribution in [2.45, 2.75) is 57.8 Å². The van der Waals surface area contributed by atoms with Gasteiger partial charge in [0.1, 0.15) is 5.58 Å². The zero-order chi connectivity index (χ0) is 17.4. The molecule has 1 aromatic carbocycles. The smallest absolute Gasteiger partial charge is 0.224 e. The predicted octanol–water partition coefficient (Wildman–Crippen LogP) is 3.39. The maximum absolute atomic E-state index is 12.7. The first-order valence-electron chi connectivity index (χ1n) is 9.13. The number of rotatable bonds is 3. The minimum absolute atomic E-state index is 0.00805. The second-order valence-corrected chi connectivity index (χ2v) is 7.20. The zero-order valence-corrected chi connectivity index (χ0v) is 14.9. The molecule has 1 amide bonds. The molecule has 0 unspecified atom stereocenters. The van der Waals surface area contributed by atoms with E-state index in [0.29, 0.717) is 19.6 Å². The molecule has 1 aromatic heterocycles. The van der Waals surface area contributed by atoms with Crippen LogP contribution in [0.25, 0.3) is 11.0 Å². The second kappa shape index (κ2) is 6.46. The molecule has 1 saturated heterocycles. The molecule has 2 aliphatic rings. The molecule has 1 spiro atoms. The summed E-state index contributed by atoms with van der Waals surface area (Å²) in [6.07, 6.45) is 5.93. The van der Waals surface area contributed by atoms with E-state index in [2.05, 4.69) is 18.3 Å². The van der Waals surface area contributed by atoms with Crippen LogP contribution < -0.4 is 5.32 Å². The molecule has 2 heterocycles. The van der Waals surface area contributed by atoms with Gasteiger partial charge in [-0.25, -0.2) is 0 Å². The first-order valence-corrected chi connectivity index (χ1v) is 9.13. The topological polar surface area (TPSA) is 60.7 Å². The Bertz CT molecular complexity index is 788. The third kappa shape index (κ3) is 2.96. The molecule has 1 N–H and O–H groups in total. The Kier molecular flexibility index (Phi) is 4.29. The van der Waals surface area contributed by atoms with Gasteiger partial charge in [-0.15, -0.1) is 0 Å². The lowest BCUT2D eigenvalue weighted by atomic mass is 9.88. The van der Waals surface area contributed by atoms with Crippen LogP contribution in [0.3, 0.4) is 0 Å². The summed E-state index contributed by atoms with van der Waals surface area (Å²) in [7, 11) is 0. The number of carbonyl (C=O) groups excluding carboxylic acids is 1. The molecule has 5 heteroatoms. The fourth-order valence-corrected chi connectivity index (χ4v) is 4.06. The minimum Gasteiger partial charge on any atom is -0.464 e. The number of aryl methyl sites for hydroxylation is 2. The SMILES string of the molecule is Cc1ccc2c(CC(=O)N[C@H]3CCCCC34OCCO4)coc2c1C. The van der Waals surface area contributed by atoms with Gasteiger partial charge in [-0.1, -0.05) is 18.6 Å². The van der Waals surface area contributed by atoms with Crippen LogP contribution >= 0.6 is 0 Å².